The van der Waals surface area contributed by atoms with Crippen LogP contribution in [0, 0.1) is 0 Å². The van der Waals surface area contributed by atoms with Crippen molar-refractivity contribution in [3.05, 3.63) is 63.6 Å². The van der Waals surface area contributed by atoms with E-state index in [4.69, 9.17) is 4.74 Å². The summed E-state index contributed by atoms with van der Waals surface area (Å²) in [7, 11) is 1.38. The Morgan fingerprint density at radius 3 is 2.80 bits per heavy atom. The molecule has 3 aromatic rings. The third kappa shape index (κ3) is 6.24. The summed E-state index contributed by atoms with van der Waals surface area (Å²) >= 11 is 4.92. The summed E-state index contributed by atoms with van der Waals surface area (Å²) in [5.74, 6) is 0.0467. The van der Waals surface area contributed by atoms with E-state index in [0.29, 0.717) is 18.7 Å². The van der Waals surface area contributed by atoms with Gasteiger partial charge in [0.15, 0.2) is 11.5 Å². The Morgan fingerprint density at radius 2 is 2.07 bits per heavy atom. The number of amides is 1. The Hall–Kier alpha value is -2.52. The first-order valence-corrected chi connectivity index (χ1v) is 10.7. The number of thiazole rings is 1. The minimum atomic E-state index is -2.94. The molecule has 0 spiro atoms. The summed E-state index contributed by atoms with van der Waals surface area (Å²) in [6.07, 6.45) is 0.641. The van der Waals surface area contributed by atoms with E-state index in [1.807, 2.05) is 29.6 Å². The van der Waals surface area contributed by atoms with Gasteiger partial charge in [0, 0.05) is 22.0 Å². The molecular weight excluding hydrogens is 478 g/mol. The maximum absolute atomic E-state index is 12.5. The zero-order valence-corrected chi connectivity index (χ0v) is 18.4. The van der Waals surface area contributed by atoms with Gasteiger partial charge in [-0.05, 0) is 36.2 Å². The second kappa shape index (κ2) is 10.5. The highest BCUT2D eigenvalue weighted by atomic mass is 79.9. The number of aromatic nitrogens is 1. The molecule has 1 heterocycles. The third-order valence-electron chi connectivity index (χ3n) is 4.14. The molecule has 158 valence electrons. The lowest BCUT2D eigenvalue weighted by Crippen LogP contribution is -2.27. The van der Waals surface area contributed by atoms with Crippen molar-refractivity contribution in [1.29, 1.82) is 0 Å². The number of nitrogens with zero attached hydrogens (tertiary/aromatic N) is 1. The summed E-state index contributed by atoms with van der Waals surface area (Å²) in [5.41, 5.74) is 2.43. The van der Waals surface area contributed by atoms with Gasteiger partial charge in [0.05, 0.1) is 19.2 Å². The number of methoxy groups -OCH3 is 1. The van der Waals surface area contributed by atoms with Crippen molar-refractivity contribution in [2.45, 2.75) is 19.5 Å². The minimum Gasteiger partial charge on any atom is -0.493 e. The molecule has 0 saturated heterocycles. The van der Waals surface area contributed by atoms with E-state index >= 15 is 0 Å². The monoisotopic (exact) mass is 496 g/mol. The fourth-order valence-corrected chi connectivity index (χ4v) is 4.00. The summed E-state index contributed by atoms with van der Waals surface area (Å²) in [4.78, 5) is 16.7. The maximum Gasteiger partial charge on any atom is 0.387 e. The molecule has 1 amide bonds. The standard InChI is InChI=1S/C21H19BrF2N2O3S/c1-28-17-6-5-13(9-18(17)29-21(23)24)7-8-25-19(27)11-16-12-30-20(26-16)14-3-2-4-15(22)10-14/h2-6,9-10,12,21H,7-8,11H2,1H3,(H,25,27). The molecule has 0 radical (unpaired) electrons. The smallest absolute Gasteiger partial charge is 0.387 e. The number of benzene rings is 2. The average molecular weight is 497 g/mol. The minimum absolute atomic E-state index is 0.0288. The molecule has 0 unspecified atom stereocenters. The SMILES string of the molecule is COc1ccc(CCNC(=O)Cc2csc(-c3cccc(Br)c3)n2)cc1OC(F)F. The second-order valence-corrected chi connectivity index (χ2v) is 8.07. The predicted octanol–water partition coefficient (Wildman–Crippen LogP) is 5.08. The predicted molar refractivity (Wildman–Crippen MR) is 115 cm³/mol. The zero-order chi connectivity index (χ0) is 21.5. The van der Waals surface area contributed by atoms with E-state index in [1.165, 1.54) is 24.5 Å². The number of nitrogens with one attached hydrogen (secondary N) is 1. The number of ether oxygens (including phenoxy) is 2. The van der Waals surface area contributed by atoms with Crippen molar-refractivity contribution in [1.82, 2.24) is 10.3 Å². The van der Waals surface area contributed by atoms with Crippen LogP contribution in [0.5, 0.6) is 11.5 Å². The van der Waals surface area contributed by atoms with Crippen LogP contribution in [0.4, 0.5) is 8.78 Å². The van der Waals surface area contributed by atoms with Crippen molar-refractivity contribution < 1.29 is 23.0 Å². The van der Waals surface area contributed by atoms with E-state index in [9.17, 15) is 13.6 Å². The van der Waals surface area contributed by atoms with Crippen LogP contribution in [0.15, 0.2) is 52.3 Å². The van der Waals surface area contributed by atoms with Gasteiger partial charge >= 0.3 is 6.61 Å². The third-order valence-corrected chi connectivity index (χ3v) is 5.58. The number of alkyl halides is 2. The lowest BCUT2D eigenvalue weighted by molar-refractivity contribution is -0.120. The topological polar surface area (TPSA) is 60.5 Å². The van der Waals surface area contributed by atoms with E-state index < -0.39 is 6.61 Å². The van der Waals surface area contributed by atoms with E-state index in [2.05, 4.69) is 31.0 Å². The Bertz CT molecular complexity index is 1010. The lowest BCUT2D eigenvalue weighted by Gasteiger charge is -2.11. The summed E-state index contributed by atoms with van der Waals surface area (Å²) in [5, 5.41) is 5.54. The second-order valence-electron chi connectivity index (χ2n) is 6.29. The molecule has 0 aliphatic carbocycles. The van der Waals surface area contributed by atoms with Gasteiger partial charge in [-0.15, -0.1) is 11.3 Å². The van der Waals surface area contributed by atoms with E-state index in [0.717, 1.165) is 20.6 Å². The summed E-state index contributed by atoms with van der Waals surface area (Å²) in [6.45, 7) is -2.57. The summed E-state index contributed by atoms with van der Waals surface area (Å²) < 4.78 is 35.5. The van der Waals surface area contributed by atoms with Gasteiger partial charge in [-0.3, -0.25) is 4.79 Å². The van der Waals surface area contributed by atoms with Crippen LogP contribution in [0.3, 0.4) is 0 Å². The van der Waals surface area contributed by atoms with Gasteiger partial charge in [-0.2, -0.15) is 8.78 Å². The number of halogens is 3. The van der Waals surface area contributed by atoms with Gasteiger partial charge in [0.2, 0.25) is 5.91 Å². The Morgan fingerprint density at radius 1 is 1.23 bits per heavy atom. The van der Waals surface area contributed by atoms with Crippen LogP contribution in [0.2, 0.25) is 0 Å². The zero-order valence-electron chi connectivity index (χ0n) is 16.0. The Kier molecular flexibility index (Phi) is 7.75. The highest BCUT2D eigenvalue weighted by Crippen LogP contribution is 2.29. The van der Waals surface area contributed by atoms with E-state index in [1.54, 1.807) is 12.1 Å². The number of carbonyl (C=O) groups is 1. The van der Waals surface area contributed by atoms with Gasteiger partial charge in [-0.1, -0.05) is 34.1 Å². The Balaban J connectivity index is 1.52. The molecule has 5 nitrogen and oxygen atoms in total. The fraction of sp³-hybridized carbons (Fsp3) is 0.238. The molecule has 0 aliphatic rings. The lowest BCUT2D eigenvalue weighted by atomic mass is 10.1. The van der Waals surface area contributed by atoms with Crippen molar-refractivity contribution in [2.24, 2.45) is 0 Å². The van der Waals surface area contributed by atoms with Crippen molar-refractivity contribution >= 4 is 33.2 Å². The molecule has 9 heteroatoms. The molecule has 0 fully saturated rings. The van der Waals surface area contributed by atoms with Crippen LogP contribution >= 0.6 is 27.3 Å². The number of carbonyl (C=O) groups excluding carboxylic acids is 1. The molecule has 3 rings (SSSR count). The normalized spacial score (nSPS) is 10.8. The van der Waals surface area contributed by atoms with Crippen LogP contribution in [-0.2, 0) is 17.6 Å². The molecule has 0 atom stereocenters. The van der Waals surface area contributed by atoms with Gasteiger partial charge < -0.3 is 14.8 Å². The van der Waals surface area contributed by atoms with Crippen LogP contribution in [0.1, 0.15) is 11.3 Å². The molecule has 1 aromatic heterocycles. The first-order chi connectivity index (χ1) is 14.4. The maximum atomic E-state index is 12.5. The van der Waals surface area contributed by atoms with Gasteiger partial charge in [0.1, 0.15) is 5.01 Å². The van der Waals surface area contributed by atoms with Crippen molar-refractivity contribution in [2.75, 3.05) is 13.7 Å². The summed E-state index contributed by atoms with van der Waals surface area (Å²) in [6, 6.07) is 12.6. The van der Waals surface area contributed by atoms with Crippen molar-refractivity contribution in [3.8, 4) is 22.1 Å². The first-order valence-electron chi connectivity index (χ1n) is 9.03. The molecule has 1 N–H and O–H groups in total. The largest absolute Gasteiger partial charge is 0.493 e. The molecule has 30 heavy (non-hydrogen) atoms. The molecule has 0 saturated carbocycles. The quantitative estimate of drug-likeness (QED) is 0.448. The highest BCUT2D eigenvalue weighted by Gasteiger charge is 2.12. The average Bonchev–Trinajstić information content (AvgIpc) is 3.16. The van der Waals surface area contributed by atoms with Crippen LogP contribution in [0.25, 0.3) is 10.6 Å². The van der Waals surface area contributed by atoms with Crippen molar-refractivity contribution in [3.63, 3.8) is 0 Å². The Labute approximate surface area is 185 Å². The van der Waals surface area contributed by atoms with Crippen LogP contribution < -0.4 is 14.8 Å². The molecule has 0 aliphatic heterocycles. The molecule has 0 bridgehead atoms. The van der Waals surface area contributed by atoms with Gasteiger partial charge in [0.25, 0.3) is 0 Å². The van der Waals surface area contributed by atoms with E-state index in [-0.39, 0.29) is 23.8 Å². The van der Waals surface area contributed by atoms with Crippen LogP contribution in [-0.4, -0.2) is 31.2 Å². The van der Waals surface area contributed by atoms with Gasteiger partial charge in [-0.25, -0.2) is 4.98 Å². The molecule has 2 aromatic carbocycles. The molecular formula is C21H19BrF2N2O3S. The number of rotatable bonds is 9. The first kappa shape index (κ1) is 22.2. The number of hydrogen-bond donors (Lipinski definition) is 1. The number of hydrogen-bond acceptors (Lipinski definition) is 5. The highest BCUT2D eigenvalue weighted by molar-refractivity contribution is 9.10. The fourth-order valence-electron chi connectivity index (χ4n) is 2.78.